The molecular formula is C15H21ClN2O2. The molecule has 4 nitrogen and oxygen atoms in total. The molecule has 0 radical (unpaired) electrons. The Bertz CT molecular complexity index is 619. The second kappa shape index (κ2) is 5.40. The van der Waals surface area contributed by atoms with E-state index in [0.29, 0.717) is 30.4 Å². The summed E-state index contributed by atoms with van der Waals surface area (Å²) in [5.74, 6) is 2.02. The van der Waals surface area contributed by atoms with E-state index >= 15 is 0 Å². The van der Waals surface area contributed by atoms with Crippen LogP contribution in [0.25, 0.3) is 0 Å². The first-order chi connectivity index (χ1) is 9.60. The highest BCUT2D eigenvalue weighted by molar-refractivity contribution is 6.30. The summed E-state index contributed by atoms with van der Waals surface area (Å²) in [4.78, 5) is 27.1. The molecule has 2 fully saturated rings. The van der Waals surface area contributed by atoms with Crippen molar-refractivity contribution in [2.45, 2.75) is 52.0 Å². The van der Waals surface area contributed by atoms with Crippen molar-refractivity contribution in [2.75, 3.05) is 0 Å². The van der Waals surface area contributed by atoms with Crippen molar-refractivity contribution in [2.24, 2.45) is 17.8 Å². The van der Waals surface area contributed by atoms with Gasteiger partial charge in [0.2, 0.25) is 0 Å². The van der Waals surface area contributed by atoms with E-state index in [1.807, 2.05) is 6.92 Å². The molecule has 0 saturated heterocycles. The van der Waals surface area contributed by atoms with Gasteiger partial charge in [0.05, 0.1) is 5.56 Å². The number of H-pyrrole nitrogens is 1. The van der Waals surface area contributed by atoms with Crippen molar-refractivity contribution >= 4 is 11.6 Å². The van der Waals surface area contributed by atoms with Crippen molar-refractivity contribution in [3.63, 3.8) is 0 Å². The predicted octanol–water partition coefficient (Wildman–Crippen LogP) is 2.58. The van der Waals surface area contributed by atoms with Crippen LogP contribution >= 0.6 is 11.6 Å². The normalized spacial score (nSPS) is 28.2. The third-order valence-corrected chi connectivity index (χ3v) is 5.35. The molecular weight excluding hydrogens is 276 g/mol. The number of hydrogen-bond acceptors (Lipinski definition) is 2. The molecule has 0 aliphatic heterocycles. The van der Waals surface area contributed by atoms with Gasteiger partial charge in [-0.25, -0.2) is 4.79 Å². The Kier molecular flexibility index (Phi) is 3.76. The van der Waals surface area contributed by atoms with Gasteiger partial charge in [-0.2, -0.15) is 0 Å². The van der Waals surface area contributed by atoms with Crippen LogP contribution in [0.1, 0.15) is 44.6 Å². The molecule has 3 rings (SSSR count). The van der Waals surface area contributed by atoms with E-state index in [1.54, 1.807) is 0 Å². The van der Waals surface area contributed by atoms with Gasteiger partial charge < -0.3 is 0 Å². The first kappa shape index (κ1) is 13.9. The molecule has 1 heterocycles. The summed E-state index contributed by atoms with van der Waals surface area (Å²) in [6.07, 6.45) is 6.50. The number of aromatic nitrogens is 2. The molecule has 3 atom stereocenters. The third kappa shape index (κ3) is 2.34. The fourth-order valence-corrected chi connectivity index (χ4v) is 4.31. The Hall–Kier alpha value is -1.03. The highest BCUT2D eigenvalue weighted by Gasteiger charge is 2.39. The average molecular weight is 297 g/mol. The van der Waals surface area contributed by atoms with E-state index in [0.717, 1.165) is 12.3 Å². The molecule has 2 bridgehead atoms. The van der Waals surface area contributed by atoms with E-state index < -0.39 is 0 Å². The van der Waals surface area contributed by atoms with E-state index in [9.17, 15) is 9.59 Å². The Morgan fingerprint density at radius 1 is 1.30 bits per heavy atom. The largest absolute Gasteiger partial charge is 0.329 e. The maximum absolute atomic E-state index is 12.5. The summed E-state index contributed by atoms with van der Waals surface area (Å²) in [6, 6.07) is 0. The van der Waals surface area contributed by atoms with Gasteiger partial charge in [0.25, 0.3) is 5.56 Å². The molecule has 0 spiro atoms. The number of nitrogens with zero attached hydrogens (tertiary/aromatic N) is 1. The lowest BCUT2D eigenvalue weighted by atomic mass is 9.89. The summed E-state index contributed by atoms with van der Waals surface area (Å²) >= 11 is 6.00. The van der Waals surface area contributed by atoms with E-state index in [4.69, 9.17) is 11.6 Å². The standard InChI is InChI=1S/C15H21ClN2O2/c1-2-3-12-13(16)17-15(20)18(14(12)19)8-11-7-9-4-5-10(11)6-9/h9-11H,2-8H2,1H3,(H,17,20). The van der Waals surface area contributed by atoms with Gasteiger partial charge in [0.15, 0.2) is 0 Å². The maximum atomic E-state index is 12.5. The van der Waals surface area contributed by atoms with E-state index in [-0.39, 0.29) is 16.4 Å². The number of fused-ring (bicyclic) bond motifs is 2. The molecule has 2 aliphatic carbocycles. The van der Waals surface area contributed by atoms with Crippen LogP contribution in [0.5, 0.6) is 0 Å². The summed E-state index contributed by atoms with van der Waals surface area (Å²) in [7, 11) is 0. The minimum Gasteiger partial charge on any atom is -0.297 e. The summed E-state index contributed by atoms with van der Waals surface area (Å²) in [6.45, 7) is 2.56. The van der Waals surface area contributed by atoms with Crippen LogP contribution < -0.4 is 11.2 Å². The number of hydrogen-bond donors (Lipinski definition) is 1. The number of nitrogens with one attached hydrogen (secondary N) is 1. The molecule has 2 saturated carbocycles. The molecule has 2 aliphatic rings. The van der Waals surface area contributed by atoms with Crippen LogP contribution in [0, 0.1) is 17.8 Å². The van der Waals surface area contributed by atoms with E-state index in [1.165, 1.54) is 30.3 Å². The van der Waals surface area contributed by atoms with Gasteiger partial charge in [-0.3, -0.25) is 14.3 Å². The molecule has 5 heteroatoms. The first-order valence-corrected chi connectivity index (χ1v) is 7.99. The molecule has 20 heavy (non-hydrogen) atoms. The monoisotopic (exact) mass is 296 g/mol. The highest BCUT2D eigenvalue weighted by Crippen LogP contribution is 2.48. The van der Waals surface area contributed by atoms with Crippen LogP contribution in [0.2, 0.25) is 5.15 Å². The smallest absolute Gasteiger partial charge is 0.297 e. The lowest BCUT2D eigenvalue weighted by molar-refractivity contribution is 0.288. The van der Waals surface area contributed by atoms with Crippen LogP contribution in [-0.2, 0) is 13.0 Å². The van der Waals surface area contributed by atoms with Crippen LogP contribution in [0.4, 0.5) is 0 Å². The van der Waals surface area contributed by atoms with Crippen molar-refractivity contribution in [1.29, 1.82) is 0 Å². The lowest BCUT2D eigenvalue weighted by Crippen LogP contribution is -2.40. The fourth-order valence-electron chi connectivity index (χ4n) is 4.05. The molecule has 1 N–H and O–H groups in total. The summed E-state index contributed by atoms with van der Waals surface area (Å²) in [5.41, 5.74) is 0.00271. The number of aromatic amines is 1. The predicted molar refractivity (Wildman–Crippen MR) is 79.3 cm³/mol. The zero-order chi connectivity index (χ0) is 14.3. The van der Waals surface area contributed by atoms with Crippen molar-refractivity contribution in [3.8, 4) is 0 Å². The van der Waals surface area contributed by atoms with Gasteiger partial charge >= 0.3 is 5.69 Å². The van der Waals surface area contributed by atoms with Gasteiger partial charge in [-0.05, 0) is 43.4 Å². The third-order valence-electron chi connectivity index (χ3n) is 5.03. The van der Waals surface area contributed by atoms with Crippen LogP contribution in [0.3, 0.4) is 0 Å². The Balaban J connectivity index is 1.91. The minimum absolute atomic E-state index is 0.191. The van der Waals surface area contributed by atoms with Gasteiger partial charge in [-0.15, -0.1) is 0 Å². The second-order valence-electron chi connectivity index (χ2n) is 6.32. The summed E-state index contributed by atoms with van der Waals surface area (Å²) < 4.78 is 1.38. The Labute approximate surface area is 123 Å². The van der Waals surface area contributed by atoms with Crippen molar-refractivity contribution < 1.29 is 0 Å². The van der Waals surface area contributed by atoms with Gasteiger partial charge in [-0.1, -0.05) is 31.4 Å². The number of halogens is 1. The van der Waals surface area contributed by atoms with Crippen LogP contribution in [0.15, 0.2) is 9.59 Å². The van der Waals surface area contributed by atoms with E-state index in [2.05, 4.69) is 4.98 Å². The maximum Gasteiger partial charge on any atom is 0.329 e. The fraction of sp³-hybridized carbons (Fsp3) is 0.733. The van der Waals surface area contributed by atoms with Gasteiger partial charge in [0, 0.05) is 6.54 Å². The Morgan fingerprint density at radius 3 is 2.70 bits per heavy atom. The molecule has 1 aromatic rings. The Morgan fingerprint density at radius 2 is 2.10 bits per heavy atom. The average Bonchev–Trinajstić information content (AvgIpc) is 3.01. The molecule has 0 amide bonds. The quantitative estimate of drug-likeness (QED) is 0.868. The second-order valence-corrected chi connectivity index (χ2v) is 6.70. The highest BCUT2D eigenvalue weighted by atomic mass is 35.5. The molecule has 3 unspecified atom stereocenters. The minimum atomic E-state index is -0.359. The van der Waals surface area contributed by atoms with Crippen molar-refractivity contribution in [1.82, 2.24) is 9.55 Å². The molecule has 110 valence electrons. The SMILES string of the molecule is CCCc1c(Cl)[nH]c(=O)n(CC2CC3CCC2C3)c1=O. The topological polar surface area (TPSA) is 54.9 Å². The molecule has 1 aromatic heterocycles. The first-order valence-electron chi connectivity index (χ1n) is 7.61. The van der Waals surface area contributed by atoms with Crippen molar-refractivity contribution in [3.05, 3.63) is 31.6 Å². The van der Waals surface area contributed by atoms with Gasteiger partial charge in [0.1, 0.15) is 5.15 Å². The number of rotatable bonds is 4. The lowest BCUT2D eigenvalue weighted by Gasteiger charge is -2.22. The summed E-state index contributed by atoms with van der Waals surface area (Å²) in [5, 5.41) is 0.214. The van der Waals surface area contributed by atoms with Crippen LogP contribution in [-0.4, -0.2) is 9.55 Å². The zero-order valence-electron chi connectivity index (χ0n) is 11.8. The molecule has 0 aromatic carbocycles. The zero-order valence-corrected chi connectivity index (χ0v) is 12.6.